The molecule has 94 valence electrons. The molecule has 0 aliphatic heterocycles. The van der Waals surface area contributed by atoms with Crippen LogP contribution in [0.4, 0.5) is 0 Å². The van der Waals surface area contributed by atoms with Crippen molar-refractivity contribution in [2.24, 2.45) is 0 Å². The normalized spacial score (nSPS) is 21.9. The lowest BCUT2D eigenvalue weighted by atomic mass is 9.89. The molecule has 1 aromatic heterocycles. The summed E-state index contributed by atoms with van der Waals surface area (Å²) in [6, 6.07) is 8.07. The molecule has 1 aliphatic rings. The number of hydrogen-bond donors (Lipinski definition) is 1. The summed E-state index contributed by atoms with van der Waals surface area (Å²) in [6.07, 6.45) is 1.68. The second-order valence-electron chi connectivity index (χ2n) is 4.83. The standard InChI is InChI=1S/C15H16O2S/c1-10-7-12(9-18-10)15(16)6-5-11-3-4-13(17-2)8-14(11)15/h3-4,7-9,16H,5-6H2,1-2H3. The molecule has 2 aromatic rings. The van der Waals surface area contributed by atoms with Crippen molar-refractivity contribution < 1.29 is 9.84 Å². The van der Waals surface area contributed by atoms with Crippen LogP contribution in [0.1, 0.15) is 28.0 Å². The molecule has 1 aromatic carbocycles. The first-order valence-corrected chi connectivity index (χ1v) is 6.97. The minimum absolute atomic E-state index is 0.756. The van der Waals surface area contributed by atoms with Crippen molar-refractivity contribution in [2.45, 2.75) is 25.4 Å². The quantitative estimate of drug-likeness (QED) is 0.898. The molecule has 1 N–H and O–H groups in total. The molecule has 0 fully saturated rings. The van der Waals surface area contributed by atoms with Crippen LogP contribution in [-0.2, 0) is 12.0 Å². The van der Waals surface area contributed by atoms with Gasteiger partial charge in [0.1, 0.15) is 11.4 Å². The van der Waals surface area contributed by atoms with Crippen LogP contribution in [0.25, 0.3) is 0 Å². The van der Waals surface area contributed by atoms with Crippen molar-refractivity contribution in [2.75, 3.05) is 7.11 Å². The molecule has 1 atom stereocenters. The van der Waals surface area contributed by atoms with E-state index in [-0.39, 0.29) is 0 Å². The monoisotopic (exact) mass is 260 g/mol. The molecule has 0 spiro atoms. The second kappa shape index (κ2) is 4.11. The zero-order chi connectivity index (χ0) is 12.8. The Balaban J connectivity index is 2.12. The highest BCUT2D eigenvalue weighted by atomic mass is 32.1. The average molecular weight is 260 g/mol. The molecule has 0 radical (unpaired) electrons. The van der Waals surface area contributed by atoms with E-state index < -0.39 is 5.60 Å². The van der Waals surface area contributed by atoms with Crippen molar-refractivity contribution in [1.82, 2.24) is 0 Å². The van der Waals surface area contributed by atoms with Gasteiger partial charge in [0.25, 0.3) is 0 Å². The van der Waals surface area contributed by atoms with E-state index in [1.807, 2.05) is 12.1 Å². The van der Waals surface area contributed by atoms with Crippen LogP contribution < -0.4 is 4.74 Å². The fourth-order valence-electron chi connectivity index (χ4n) is 2.70. The second-order valence-corrected chi connectivity index (χ2v) is 5.94. The van der Waals surface area contributed by atoms with Crippen molar-refractivity contribution in [3.63, 3.8) is 0 Å². The van der Waals surface area contributed by atoms with E-state index in [0.29, 0.717) is 0 Å². The van der Waals surface area contributed by atoms with Crippen molar-refractivity contribution in [3.8, 4) is 5.75 Å². The number of aryl methyl sites for hydroxylation is 2. The lowest BCUT2D eigenvalue weighted by molar-refractivity contribution is 0.0831. The van der Waals surface area contributed by atoms with E-state index in [2.05, 4.69) is 24.4 Å². The van der Waals surface area contributed by atoms with Crippen LogP contribution in [0.3, 0.4) is 0 Å². The number of hydrogen-bond acceptors (Lipinski definition) is 3. The van der Waals surface area contributed by atoms with Gasteiger partial charge in [-0.05, 0) is 60.0 Å². The van der Waals surface area contributed by atoms with Crippen LogP contribution in [0.5, 0.6) is 5.75 Å². The summed E-state index contributed by atoms with van der Waals surface area (Å²) in [5.41, 5.74) is 2.40. The fraction of sp³-hybridized carbons (Fsp3) is 0.333. The van der Waals surface area contributed by atoms with Gasteiger partial charge in [0.2, 0.25) is 0 Å². The number of fused-ring (bicyclic) bond motifs is 1. The van der Waals surface area contributed by atoms with Crippen molar-refractivity contribution in [3.05, 3.63) is 51.2 Å². The van der Waals surface area contributed by atoms with Crippen LogP contribution in [0.2, 0.25) is 0 Å². The molecule has 1 unspecified atom stereocenters. The van der Waals surface area contributed by atoms with Crippen LogP contribution in [0, 0.1) is 6.92 Å². The largest absolute Gasteiger partial charge is 0.497 e. The molecule has 0 bridgehead atoms. The van der Waals surface area contributed by atoms with E-state index in [9.17, 15) is 5.11 Å². The molecule has 2 nitrogen and oxygen atoms in total. The first-order chi connectivity index (χ1) is 8.63. The first-order valence-electron chi connectivity index (χ1n) is 6.09. The van der Waals surface area contributed by atoms with Gasteiger partial charge in [-0.3, -0.25) is 0 Å². The third-order valence-corrected chi connectivity index (χ3v) is 4.59. The minimum atomic E-state index is -0.839. The van der Waals surface area contributed by atoms with Gasteiger partial charge < -0.3 is 9.84 Å². The Morgan fingerprint density at radius 1 is 1.33 bits per heavy atom. The molecule has 18 heavy (non-hydrogen) atoms. The van der Waals surface area contributed by atoms with Crippen molar-refractivity contribution >= 4 is 11.3 Å². The van der Waals surface area contributed by atoms with E-state index in [1.54, 1.807) is 18.4 Å². The van der Waals surface area contributed by atoms with Gasteiger partial charge in [-0.1, -0.05) is 6.07 Å². The SMILES string of the molecule is COc1ccc2c(c1)C(O)(c1csc(C)c1)CC2. The Hall–Kier alpha value is -1.32. The number of methoxy groups -OCH3 is 1. The number of rotatable bonds is 2. The number of ether oxygens (including phenoxy) is 1. The van der Waals surface area contributed by atoms with E-state index >= 15 is 0 Å². The first kappa shape index (κ1) is 11.8. The molecule has 0 saturated carbocycles. The number of benzene rings is 1. The summed E-state index contributed by atoms with van der Waals surface area (Å²) in [4.78, 5) is 1.23. The van der Waals surface area contributed by atoms with Gasteiger partial charge in [-0.2, -0.15) is 0 Å². The third kappa shape index (κ3) is 1.66. The summed E-state index contributed by atoms with van der Waals surface area (Å²) < 4.78 is 5.27. The molecule has 3 heteroatoms. The highest BCUT2D eigenvalue weighted by Crippen LogP contribution is 2.44. The Kier molecular flexibility index (Phi) is 2.68. The molecule has 1 heterocycles. The van der Waals surface area contributed by atoms with Crippen molar-refractivity contribution in [1.29, 1.82) is 0 Å². The maximum Gasteiger partial charge on any atom is 0.119 e. The molecule has 3 rings (SSSR count). The predicted octanol–water partition coefficient (Wildman–Crippen LogP) is 3.25. The van der Waals surface area contributed by atoms with Gasteiger partial charge in [0.05, 0.1) is 7.11 Å². The predicted molar refractivity (Wildman–Crippen MR) is 73.4 cm³/mol. The molecular weight excluding hydrogens is 244 g/mol. The fourth-order valence-corrected chi connectivity index (χ4v) is 3.47. The van der Waals surface area contributed by atoms with Gasteiger partial charge in [-0.25, -0.2) is 0 Å². The Labute approximate surface area is 111 Å². The lowest BCUT2D eigenvalue weighted by Gasteiger charge is -2.23. The maximum atomic E-state index is 11.0. The molecular formula is C15H16O2S. The highest BCUT2D eigenvalue weighted by molar-refractivity contribution is 7.10. The summed E-state index contributed by atoms with van der Waals surface area (Å²) in [7, 11) is 1.66. The molecule has 1 aliphatic carbocycles. The minimum Gasteiger partial charge on any atom is -0.497 e. The van der Waals surface area contributed by atoms with Gasteiger partial charge in [0.15, 0.2) is 0 Å². The van der Waals surface area contributed by atoms with Crippen LogP contribution >= 0.6 is 11.3 Å². The zero-order valence-corrected chi connectivity index (χ0v) is 11.4. The number of aliphatic hydroxyl groups is 1. The van der Waals surface area contributed by atoms with E-state index in [4.69, 9.17) is 4.74 Å². The summed E-state index contributed by atoms with van der Waals surface area (Å²) >= 11 is 1.68. The van der Waals surface area contributed by atoms with Gasteiger partial charge in [-0.15, -0.1) is 11.3 Å². The topological polar surface area (TPSA) is 29.5 Å². The summed E-state index contributed by atoms with van der Waals surface area (Å²) in [5.74, 6) is 0.807. The van der Waals surface area contributed by atoms with Gasteiger partial charge >= 0.3 is 0 Å². The van der Waals surface area contributed by atoms with Crippen LogP contribution in [-0.4, -0.2) is 12.2 Å². The van der Waals surface area contributed by atoms with Crippen LogP contribution in [0.15, 0.2) is 29.6 Å². The van der Waals surface area contributed by atoms with Gasteiger partial charge in [0, 0.05) is 4.88 Å². The zero-order valence-electron chi connectivity index (χ0n) is 10.6. The molecule has 0 saturated heterocycles. The molecule has 0 amide bonds. The van der Waals surface area contributed by atoms with E-state index in [1.165, 1.54) is 10.4 Å². The number of thiophene rings is 1. The lowest BCUT2D eigenvalue weighted by Crippen LogP contribution is -2.23. The Bertz CT molecular complexity index is 588. The third-order valence-electron chi connectivity index (χ3n) is 3.73. The summed E-state index contributed by atoms with van der Waals surface area (Å²) in [6.45, 7) is 2.07. The average Bonchev–Trinajstić information content (AvgIpc) is 2.95. The summed E-state index contributed by atoms with van der Waals surface area (Å²) in [5, 5.41) is 13.1. The smallest absolute Gasteiger partial charge is 0.119 e. The van der Waals surface area contributed by atoms with E-state index in [0.717, 1.165) is 29.7 Å². The highest BCUT2D eigenvalue weighted by Gasteiger charge is 2.39. The Morgan fingerprint density at radius 2 is 2.17 bits per heavy atom. The maximum absolute atomic E-state index is 11.0. The Morgan fingerprint density at radius 3 is 2.83 bits per heavy atom.